The fraction of sp³-hybridized carbons (Fsp3) is 0.267. The second-order valence-corrected chi connectivity index (χ2v) is 4.54. The lowest BCUT2D eigenvalue weighted by atomic mass is 9.89. The largest absolute Gasteiger partial charge is 0.497 e. The smallest absolute Gasteiger partial charge is 0.118 e. The van der Waals surface area contributed by atoms with Crippen LogP contribution in [0.2, 0.25) is 0 Å². The van der Waals surface area contributed by atoms with Gasteiger partial charge in [-0.3, -0.25) is 4.98 Å². The van der Waals surface area contributed by atoms with Crippen LogP contribution in [0.25, 0.3) is 0 Å². The molecule has 1 heterocycles. The number of nitrogens with zero attached hydrogens (tertiary/aromatic N) is 1. The summed E-state index contributed by atoms with van der Waals surface area (Å²) in [5.74, 6) is 0.788. The van der Waals surface area contributed by atoms with Gasteiger partial charge in [-0.25, -0.2) is 0 Å². The lowest BCUT2D eigenvalue weighted by molar-refractivity contribution is 0.0575. The minimum atomic E-state index is -0.907. The molecule has 0 bridgehead atoms. The van der Waals surface area contributed by atoms with E-state index >= 15 is 0 Å². The molecule has 1 aromatic heterocycles. The second kappa shape index (κ2) is 5.19. The van der Waals surface area contributed by atoms with Gasteiger partial charge in [-0.2, -0.15) is 0 Å². The third-order valence-electron chi connectivity index (χ3n) is 2.98. The first kappa shape index (κ1) is 12.6. The molecule has 1 N–H and O–H groups in total. The molecule has 0 aliphatic rings. The van der Waals surface area contributed by atoms with Crippen LogP contribution in [0.1, 0.15) is 18.1 Å². The van der Waals surface area contributed by atoms with E-state index in [2.05, 4.69) is 4.98 Å². The summed E-state index contributed by atoms with van der Waals surface area (Å²) in [4.78, 5) is 4.06. The number of pyridine rings is 1. The quantitative estimate of drug-likeness (QED) is 0.897. The number of hydrogen-bond donors (Lipinski definition) is 1. The van der Waals surface area contributed by atoms with E-state index in [9.17, 15) is 5.11 Å². The maximum Gasteiger partial charge on any atom is 0.118 e. The third-order valence-corrected chi connectivity index (χ3v) is 2.98. The molecule has 2 rings (SSSR count). The Labute approximate surface area is 107 Å². The van der Waals surface area contributed by atoms with Crippen molar-refractivity contribution >= 4 is 0 Å². The van der Waals surface area contributed by atoms with E-state index in [0.29, 0.717) is 6.42 Å². The van der Waals surface area contributed by atoms with Crippen LogP contribution < -0.4 is 4.74 Å². The van der Waals surface area contributed by atoms with Gasteiger partial charge in [-0.1, -0.05) is 18.2 Å². The van der Waals surface area contributed by atoms with Gasteiger partial charge in [0.05, 0.1) is 12.7 Å². The Morgan fingerprint density at radius 3 is 2.50 bits per heavy atom. The summed E-state index contributed by atoms with van der Waals surface area (Å²) < 4.78 is 5.11. The van der Waals surface area contributed by atoms with Crippen molar-refractivity contribution in [2.24, 2.45) is 0 Å². The Balaban J connectivity index is 2.19. The molecular weight excluding hydrogens is 226 g/mol. The summed E-state index contributed by atoms with van der Waals surface area (Å²) >= 11 is 0. The normalized spacial score (nSPS) is 13.9. The van der Waals surface area contributed by atoms with E-state index in [1.807, 2.05) is 43.3 Å². The van der Waals surface area contributed by atoms with Crippen LogP contribution in [0.4, 0.5) is 0 Å². The van der Waals surface area contributed by atoms with Gasteiger partial charge in [-0.15, -0.1) is 0 Å². The fourth-order valence-electron chi connectivity index (χ4n) is 1.95. The topological polar surface area (TPSA) is 42.4 Å². The number of methoxy groups -OCH3 is 1. The summed E-state index contributed by atoms with van der Waals surface area (Å²) in [6.45, 7) is 1.81. The van der Waals surface area contributed by atoms with Gasteiger partial charge in [0.25, 0.3) is 0 Å². The molecule has 0 spiro atoms. The highest BCUT2D eigenvalue weighted by molar-refractivity contribution is 5.31. The first-order valence-corrected chi connectivity index (χ1v) is 5.87. The van der Waals surface area contributed by atoms with Crippen LogP contribution >= 0.6 is 0 Å². The Morgan fingerprint density at radius 1 is 1.22 bits per heavy atom. The molecule has 2 aromatic rings. The number of ether oxygens (including phenoxy) is 1. The van der Waals surface area contributed by atoms with Crippen molar-refractivity contribution < 1.29 is 9.84 Å². The van der Waals surface area contributed by atoms with Crippen LogP contribution in [0.5, 0.6) is 5.75 Å². The molecule has 0 saturated carbocycles. The summed E-state index contributed by atoms with van der Waals surface area (Å²) in [5.41, 5.74) is 0.973. The van der Waals surface area contributed by atoms with Crippen LogP contribution in [-0.4, -0.2) is 17.2 Å². The molecule has 0 aliphatic carbocycles. The SMILES string of the molecule is COc1ccc([C@@](C)(O)Cc2cccnc2)cc1. The molecule has 1 aromatic carbocycles. The highest BCUT2D eigenvalue weighted by Gasteiger charge is 2.23. The molecule has 3 nitrogen and oxygen atoms in total. The Kier molecular flexibility index (Phi) is 3.63. The van der Waals surface area contributed by atoms with E-state index in [4.69, 9.17) is 4.74 Å². The van der Waals surface area contributed by atoms with Gasteiger partial charge in [-0.05, 0) is 36.2 Å². The highest BCUT2D eigenvalue weighted by Crippen LogP contribution is 2.26. The minimum absolute atomic E-state index is 0.535. The first-order valence-electron chi connectivity index (χ1n) is 5.87. The van der Waals surface area contributed by atoms with Crippen molar-refractivity contribution in [3.8, 4) is 5.75 Å². The molecule has 1 atom stereocenters. The maximum absolute atomic E-state index is 10.5. The van der Waals surface area contributed by atoms with Gasteiger partial charge in [0.15, 0.2) is 0 Å². The molecule has 0 fully saturated rings. The van der Waals surface area contributed by atoms with Crippen LogP contribution in [0.15, 0.2) is 48.8 Å². The molecule has 0 unspecified atom stereocenters. The van der Waals surface area contributed by atoms with Crippen LogP contribution in [0, 0.1) is 0 Å². The predicted octanol–water partition coefficient (Wildman–Crippen LogP) is 2.54. The Bertz CT molecular complexity index is 492. The lowest BCUT2D eigenvalue weighted by Gasteiger charge is -2.24. The minimum Gasteiger partial charge on any atom is -0.497 e. The highest BCUT2D eigenvalue weighted by atomic mass is 16.5. The predicted molar refractivity (Wildman–Crippen MR) is 70.5 cm³/mol. The van der Waals surface area contributed by atoms with Gasteiger partial charge in [0.1, 0.15) is 5.75 Å². The van der Waals surface area contributed by atoms with Gasteiger partial charge >= 0.3 is 0 Å². The molecule has 18 heavy (non-hydrogen) atoms. The second-order valence-electron chi connectivity index (χ2n) is 4.54. The average Bonchev–Trinajstić information content (AvgIpc) is 2.39. The van der Waals surface area contributed by atoms with Crippen molar-refractivity contribution in [3.63, 3.8) is 0 Å². The molecule has 0 saturated heterocycles. The number of hydrogen-bond acceptors (Lipinski definition) is 3. The third kappa shape index (κ3) is 2.87. The first-order chi connectivity index (χ1) is 8.62. The van der Waals surface area contributed by atoms with E-state index in [1.165, 1.54) is 0 Å². The van der Waals surface area contributed by atoms with Gasteiger partial charge < -0.3 is 9.84 Å². The molecule has 0 radical (unpaired) electrons. The van der Waals surface area contributed by atoms with Gasteiger partial charge in [0.2, 0.25) is 0 Å². The molecule has 94 valence electrons. The summed E-state index contributed by atoms with van der Waals surface area (Å²) in [5, 5.41) is 10.5. The number of benzene rings is 1. The zero-order valence-corrected chi connectivity index (χ0v) is 10.6. The van der Waals surface area contributed by atoms with Crippen LogP contribution in [0.3, 0.4) is 0 Å². The van der Waals surface area contributed by atoms with E-state index in [-0.39, 0.29) is 0 Å². The standard InChI is InChI=1S/C15H17NO2/c1-15(17,10-12-4-3-9-16-11-12)13-5-7-14(18-2)8-6-13/h3-9,11,17H,10H2,1-2H3/t15-/m0/s1. The Morgan fingerprint density at radius 2 is 1.94 bits per heavy atom. The zero-order chi connectivity index (χ0) is 13.0. The average molecular weight is 243 g/mol. The van der Waals surface area contributed by atoms with Gasteiger partial charge in [0, 0.05) is 18.8 Å². The van der Waals surface area contributed by atoms with Crippen molar-refractivity contribution in [3.05, 3.63) is 59.9 Å². The van der Waals surface area contributed by atoms with E-state index < -0.39 is 5.60 Å². The molecule has 3 heteroatoms. The monoisotopic (exact) mass is 243 g/mol. The van der Waals surface area contributed by atoms with Crippen molar-refractivity contribution in [1.29, 1.82) is 0 Å². The van der Waals surface area contributed by atoms with Crippen molar-refractivity contribution in [2.75, 3.05) is 7.11 Å². The van der Waals surface area contributed by atoms with Crippen molar-refractivity contribution in [2.45, 2.75) is 18.9 Å². The zero-order valence-electron chi connectivity index (χ0n) is 10.6. The molecule has 0 aliphatic heterocycles. The summed E-state index contributed by atoms with van der Waals surface area (Å²) in [7, 11) is 1.63. The molecule has 0 amide bonds. The Hall–Kier alpha value is -1.87. The van der Waals surface area contributed by atoms with E-state index in [0.717, 1.165) is 16.9 Å². The summed E-state index contributed by atoms with van der Waals surface area (Å²) in [6, 6.07) is 11.3. The maximum atomic E-state index is 10.5. The fourth-order valence-corrected chi connectivity index (χ4v) is 1.95. The lowest BCUT2D eigenvalue weighted by Crippen LogP contribution is -2.24. The van der Waals surface area contributed by atoms with Crippen molar-refractivity contribution in [1.82, 2.24) is 4.98 Å². The van der Waals surface area contributed by atoms with Crippen LogP contribution in [-0.2, 0) is 12.0 Å². The number of aliphatic hydroxyl groups is 1. The number of rotatable bonds is 4. The van der Waals surface area contributed by atoms with E-state index in [1.54, 1.807) is 19.5 Å². The molecular formula is C15H17NO2. The summed E-state index contributed by atoms with van der Waals surface area (Å²) in [6.07, 6.45) is 4.04. The number of aromatic nitrogens is 1.